The van der Waals surface area contributed by atoms with Crippen molar-refractivity contribution in [2.24, 2.45) is 4.99 Å². The van der Waals surface area contributed by atoms with E-state index >= 15 is 0 Å². The van der Waals surface area contributed by atoms with Gasteiger partial charge in [0.1, 0.15) is 5.75 Å². The number of hydrogen-bond donors (Lipinski definition) is 0. The number of methoxy groups -OCH3 is 1. The lowest BCUT2D eigenvalue weighted by molar-refractivity contribution is -0.113. The second-order valence-electron chi connectivity index (χ2n) is 5.75. The molecule has 0 N–H and O–H groups in total. The lowest BCUT2D eigenvalue weighted by Crippen LogP contribution is -2.47. The van der Waals surface area contributed by atoms with Crippen molar-refractivity contribution in [3.63, 3.8) is 0 Å². The van der Waals surface area contributed by atoms with Crippen molar-refractivity contribution in [2.45, 2.75) is 26.1 Å². The van der Waals surface area contributed by atoms with E-state index in [4.69, 9.17) is 9.47 Å². The number of carbonyl (C=O) groups is 1. The molecule has 1 aromatic rings. The van der Waals surface area contributed by atoms with Crippen molar-refractivity contribution in [3.8, 4) is 5.75 Å². The first-order valence-corrected chi connectivity index (χ1v) is 8.44. The minimum absolute atomic E-state index is 0.145. The van der Waals surface area contributed by atoms with Crippen LogP contribution in [-0.2, 0) is 9.53 Å². The van der Waals surface area contributed by atoms with E-state index in [0.29, 0.717) is 4.91 Å². The minimum Gasteiger partial charge on any atom is -0.497 e. The van der Waals surface area contributed by atoms with Crippen LogP contribution in [-0.4, -0.2) is 48.4 Å². The van der Waals surface area contributed by atoms with Gasteiger partial charge in [-0.3, -0.25) is 4.79 Å². The van der Waals surface area contributed by atoms with Crippen molar-refractivity contribution in [1.82, 2.24) is 4.90 Å². The van der Waals surface area contributed by atoms with Crippen LogP contribution in [0.3, 0.4) is 0 Å². The topological polar surface area (TPSA) is 51.1 Å². The van der Waals surface area contributed by atoms with Gasteiger partial charge in [0, 0.05) is 13.1 Å². The molecule has 2 aliphatic heterocycles. The first kappa shape index (κ1) is 16.1. The molecule has 1 amide bonds. The van der Waals surface area contributed by atoms with Crippen LogP contribution in [0.4, 0.5) is 0 Å². The Hall–Kier alpha value is -1.79. The summed E-state index contributed by atoms with van der Waals surface area (Å²) in [5.41, 5.74) is 0.960. The van der Waals surface area contributed by atoms with Crippen LogP contribution in [0.1, 0.15) is 19.4 Å². The van der Waals surface area contributed by atoms with Crippen LogP contribution >= 0.6 is 11.8 Å². The van der Waals surface area contributed by atoms with Gasteiger partial charge in [0.05, 0.1) is 24.2 Å². The molecule has 1 aromatic carbocycles. The van der Waals surface area contributed by atoms with Gasteiger partial charge in [0.2, 0.25) is 0 Å². The fourth-order valence-corrected chi connectivity index (χ4v) is 3.65. The number of morpholine rings is 1. The Bertz CT molecular complexity index is 644. The molecular formula is C17H20N2O3S. The van der Waals surface area contributed by atoms with Crippen molar-refractivity contribution in [3.05, 3.63) is 34.7 Å². The van der Waals surface area contributed by atoms with Gasteiger partial charge in [-0.15, -0.1) is 0 Å². The van der Waals surface area contributed by atoms with Crippen molar-refractivity contribution in [1.29, 1.82) is 0 Å². The van der Waals surface area contributed by atoms with Gasteiger partial charge < -0.3 is 14.4 Å². The summed E-state index contributed by atoms with van der Waals surface area (Å²) in [6, 6.07) is 7.61. The molecule has 0 saturated carbocycles. The van der Waals surface area contributed by atoms with Crippen molar-refractivity contribution in [2.75, 3.05) is 20.2 Å². The van der Waals surface area contributed by atoms with E-state index in [1.807, 2.05) is 44.2 Å². The maximum absolute atomic E-state index is 12.2. The number of nitrogens with zero attached hydrogens (tertiary/aromatic N) is 2. The molecule has 1 saturated heterocycles. The molecule has 0 bridgehead atoms. The zero-order valence-electron chi connectivity index (χ0n) is 13.5. The number of aliphatic imine (C=N–C) groups is 1. The van der Waals surface area contributed by atoms with E-state index in [1.54, 1.807) is 7.11 Å². The summed E-state index contributed by atoms with van der Waals surface area (Å²) in [7, 11) is 1.63. The third kappa shape index (κ3) is 3.76. The Morgan fingerprint density at radius 1 is 1.26 bits per heavy atom. The summed E-state index contributed by atoms with van der Waals surface area (Å²) >= 11 is 1.43. The number of hydrogen-bond acceptors (Lipinski definition) is 5. The number of rotatable bonds is 2. The highest BCUT2D eigenvalue weighted by Crippen LogP contribution is 2.31. The number of amides is 1. The number of thioether (sulfide) groups is 1. The van der Waals surface area contributed by atoms with E-state index in [1.165, 1.54) is 11.8 Å². The highest BCUT2D eigenvalue weighted by molar-refractivity contribution is 8.18. The SMILES string of the molecule is COc1ccc(C=C2SC(N3CC(C)OC(C)C3)=NC2=O)cc1. The Kier molecular flexibility index (Phi) is 4.73. The maximum Gasteiger partial charge on any atom is 0.286 e. The zero-order valence-corrected chi connectivity index (χ0v) is 14.3. The molecule has 122 valence electrons. The average molecular weight is 332 g/mol. The first-order chi connectivity index (χ1) is 11.0. The Labute approximate surface area is 140 Å². The van der Waals surface area contributed by atoms with E-state index in [2.05, 4.69) is 9.89 Å². The van der Waals surface area contributed by atoms with Crippen LogP contribution in [0.25, 0.3) is 6.08 Å². The molecule has 2 unspecified atom stereocenters. The molecule has 2 atom stereocenters. The quantitative estimate of drug-likeness (QED) is 0.780. The molecule has 5 nitrogen and oxygen atoms in total. The van der Waals surface area contributed by atoms with E-state index in [9.17, 15) is 4.79 Å². The summed E-state index contributed by atoms with van der Waals surface area (Å²) < 4.78 is 10.9. The molecular weight excluding hydrogens is 312 g/mol. The Balaban J connectivity index is 1.72. The predicted molar refractivity (Wildman–Crippen MR) is 92.6 cm³/mol. The van der Waals surface area contributed by atoms with Gasteiger partial charge in [-0.05, 0) is 49.4 Å². The number of amidine groups is 1. The van der Waals surface area contributed by atoms with Crippen molar-refractivity contribution >= 4 is 28.9 Å². The zero-order chi connectivity index (χ0) is 16.4. The summed E-state index contributed by atoms with van der Waals surface area (Å²) in [6.07, 6.45) is 2.16. The number of ether oxygens (including phenoxy) is 2. The standard InChI is InChI=1S/C17H20N2O3S/c1-11-9-19(10-12(2)22-11)17-18-16(20)15(23-17)8-13-4-6-14(21-3)7-5-13/h4-8,11-12H,9-10H2,1-3H3. The smallest absolute Gasteiger partial charge is 0.286 e. The van der Waals surface area contributed by atoms with E-state index < -0.39 is 0 Å². The lowest BCUT2D eigenvalue weighted by Gasteiger charge is -2.35. The highest BCUT2D eigenvalue weighted by atomic mass is 32.2. The van der Waals surface area contributed by atoms with Gasteiger partial charge in [-0.25, -0.2) is 0 Å². The lowest BCUT2D eigenvalue weighted by atomic mass is 10.2. The monoisotopic (exact) mass is 332 g/mol. The summed E-state index contributed by atoms with van der Waals surface area (Å²) in [4.78, 5) is 19.2. The summed E-state index contributed by atoms with van der Waals surface area (Å²) in [5, 5.41) is 0.775. The second kappa shape index (κ2) is 6.76. The molecule has 3 rings (SSSR count). The van der Waals surface area contributed by atoms with Crippen LogP contribution in [0.15, 0.2) is 34.2 Å². The largest absolute Gasteiger partial charge is 0.497 e. The van der Waals surface area contributed by atoms with Gasteiger partial charge >= 0.3 is 0 Å². The predicted octanol–water partition coefficient (Wildman–Crippen LogP) is 2.77. The van der Waals surface area contributed by atoms with E-state index in [0.717, 1.165) is 29.6 Å². The summed E-state index contributed by atoms with van der Waals surface area (Å²) in [5.74, 6) is 0.624. The maximum atomic E-state index is 12.2. The molecule has 0 radical (unpaired) electrons. The minimum atomic E-state index is -0.174. The molecule has 0 spiro atoms. The molecule has 6 heteroatoms. The molecule has 2 aliphatic rings. The molecule has 23 heavy (non-hydrogen) atoms. The van der Waals surface area contributed by atoms with Gasteiger partial charge in [0.25, 0.3) is 5.91 Å². The fraction of sp³-hybridized carbons (Fsp3) is 0.412. The number of carbonyl (C=O) groups excluding carboxylic acids is 1. The second-order valence-corrected chi connectivity index (χ2v) is 6.75. The van der Waals surface area contributed by atoms with Crippen molar-refractivity contribution < 1.29 is 14.3 Å². The van der Waals surface area contributed by atoms with Crippen LogP contribution in [0, 0.1) is 0 Å². The normalized spacial score (nSPS) is 26.6. The van der Waals surface area contributed by atoms with Gasteiger partial charge in [0.15, 0.2) is 5.17 Å². The molecule has 0 aliphatic carbocycles. The molecule has 1 fully saturated rings. The van der Waals surface area contributed by atoms with Crippen LogP contribution in [0.2, 0.25) is 0 Å². The van der Waals surface area contributed by atoms with Crippen LogP contribution in [0.5, 0.6) is 5.75 Å². The third-order valence-corrected chi connectivity index (χ3v) is 4.76. The first-order valence-electron chi connectivity index (χ1n) is 7.62. The molecule has 2 heterocycles. The highest BCUT2D eigenvalue weighted by Gasteiger charge is 2.30. The third-order valence-electron chi connectivity index (χ3n) is 3.71. The van der Waals surface area contributed by atoms with Gasteiger partial charge in [-0.1, -0.05) is 12.1 Å². The molecule has 0 aromatic heterocycles. The Morgan fingerprint density at radius 3 is 2.52 bits per heavy atom. The fourth-order valence-electron chi connectivity index (χ4n) is 2.72. The summed E-state index contributed by atoms with van der Waals surface area (Å²) in [6.45, 7) is 5.61. The number of benzene rings is 1. The Morgan fingerprint density at radius 2 is 1.91 bits per heavy atom. The van der Waals surface area contributed by atoms with Gasteiger partial charge in [-0.2, -0.15) is 4.99 Å². The van der Waals surface area contributed by atoms with Crippen LogP contribution < -0.4 is 4.74 Å². The average Bonchev–Trinajstić information content (AvgIpc) is 2.88. The van der Waals surface area contributed by atoms with E-state index in [-0.39, 0.29) is 18.1 Å².